The van der Waals surface area contributed by atoms with E-state index in [1.54, 1.807) is 0 Å². The third-order valence-electron chi connectivity index (χ3n) is 1.31. The van der Waals surface area contributed by atoms with Crippen LogP contribution in [0, 0.1) is 0 Å². The zero-order valence-electron chi connectivity index (χ0n) is 6.11. The Labute approximate surface area is 60.6 Å². The first-order valence-electron chi connectivity index (χ1n) is 3.46. The van der Waals surface area contributed by atoms with Crippen LogP contribution in [0.5, 0.6) is 0 Å². The molecule has 0 aliphatic carbocycles. The molecule has 0 aromatic heterocycles. The van der Waals surface area contributed by atoms with Gasteiger partial charge in [0, 0.05) is 0 Å². The SMILES string of the molecule is CC[O][In]([CH2]C)[CH2]C. The summed E-state index contributed by atoms with van der Waals surface area (Å²) in [6.07, 6.45) is 0. The quantitative estimate of drug-likeness (QED) is 0.701. The zero-order chi connectivity index (χ0) is 6.41. The molecule has 0 spiro atoms. The molecule has 2 heteroatoms. The monoisotopic (exact) mass is 218 g/mol. The molecular weight excluding hydrogens is 203 g/mol. The van der Waals surface area contributed by atoms with Gasteiger partial charge in [-0.3, -0.25) is 0 Å². The Bertz CT molecular complexity index is 43.8. The van der Waals surface area contributed by atoms with Crippen molar-refractivity contribution in [3.8, 4) is 0 Å². The molecule has 0 saturated heterocycles. The molecule has 0 bridgehead atoms. The number of rotatable bonds is 4. The van der Waals surface area contributed by atoms with Crippen molar-refractivity contribution in [2.75, 3.05) is 6.61 Å². The molecule has 0 aromatic rings. The van der Waals surface area contributed by atoms with E-state index in [2.05, 4.69) is 20.8 Å². The van der Waals surface area contributed by atoms with Crippen molar-refractivity contribution in [2.24, 2.45) is 0 Å². The van der Waals surface area contributed by atoms with Crippen molar-refractivity contribution in [1.29, 1.82) is 0 Å². The second kappa shape index (κ2) is 5.96. The van der Waals surface area contributed by atoms with Gasteiger partial charge in [-0.05, 0) is 0 Å². The summed E-state index contributed by atoms with van der Waals surface area (Å²) in [5.74, 6) is 0. The molecule has 1 nitrogen and oxygen atoms in total. The maximum absolute atomic E-state index is 5.55. The van der Waals surface area contributed by atoms with E-state index in [0.717, 1.165) is 6.61 Å². The Morgan fingerprint density at radius 1 is 1.12 bits per heavy atom. The van der Waals surface area contributed by atoms with Crippen molar-refractivity contribution in [3.05, 3.63) is 0 Å². The van der Waals surface area contributed by atoms with Gasteiger partial charge < -0.3 is 0 Å². The Kier molecular flexibility index (Phi) is 6.58. The van der Waals surface area contributed by atoms with E-state index in [1.807, 2.05) is 0 Å². The average molecular weight is 218 g/mol. The fourth-order valence-electron chi connectivity index (χ4n) is 0.760. The van der Waals surface area contributed by atoms with Crippen molar-refractivity contribution < 1.29 is 2.85 Å². The Morgan fingerprint density at radius 2 is 1.62 bits per heavy atom. The van der Waals surface area contributed by atoms with Crippen molar-refractivity contribution in [2.45, 2.75) is 29.1 Å². The first kappa shape index (κ1) is 8.83. The summed E-state index contributed by atoms with van der Waals surface area (Å²) < 4.78 is 8.26. The van der Waals surface area contributed by atoms with Gasteiger partial charge in [0.25, 0.3) is 0 Å². The maximum atomic E-state index is 5.55. The minimum atomic E-state index is -1.30. The molecule has 8 heavy (non-hydrogen) atoms. The molecule has 48 valence electrons. The topological polar surface area (TPSA) is 9.23 Å². The minimum absolute atomic E-state index is 0.947. The van der Waals surface area contributed by atoms with Crippen molar-refractivity contribution >= 4 is 21.9 Å². The van der Waals surface area contributed by atoms with Crippen LogP contribution >= 0.6 is 0 Å². The molecule has 0 amide bonds. The summed E-state index contributed by atoms with van der Waals surface area (Å²) >= 11 is -1.30. The third kappa shape index (κ3) is 3.79. The molecule has 0 saturated carbocycles. The van der Waals surface area contributed by atoms with Crippen LogP contribution in [-0.2, 0) is 2.85 Å². The molecule has 0 aromatic carbocycles. The summed E-state index contributed by atoms with van der Waals surface area (Å²) in [7, 11) is 0. The van der Waals surface area contributed by atoms with Crippen LogP contribution in [-0.4, -0.2) is 28.5 Å². The first-order valence-corrected chi connectivity index (χ1v) is 9.47. The molecule has 0 aliphatic rings. The molecule has 0 unspecified atom stereocenters. The van der Waals surface area contributed by atoms with Crippen LogP contribution in [0.1, 0.15) is 20.8 Å². The zero-order valence-corrected chi connectivity index (χ0v) is 9.40. The van der Waals surface area contributed by atoms with E-state index in [9.17, 15) is 0 Å². The number of hydrogen-bond donors (Lipinski definition) is 0. The van der Waals surface area contributed by atoms with Crippen molar-refractivity contribution in [1.82, 2.24) is 0 Å². The van der Waals surface area contributed by atoms with E-state index < -0.39 is 21.9 Å². The molecule has 0 fully saturated rings. The Balaban J connectivity index is 3.07. The fourth-order valence-corrected chi connectivity index (χ4v) is 5.10. The average Bonchev–Trinajstić information content (AvgIpc) is 1.83. The van der Waals surface area contributed by atoms with Gasteiger partial charge in [0.2, 0.25) is 0 Å². The Hall–Kier alpha value is 0.830. The van der Waals surface area contributed by atoms with Crippen LogP contribution in [0.3, 0.4) is 0 Å². The second-order valence-corrected chi connectivity index (χ2v) is 11.1. The van der Waals surface area contributed by atoms with E-state index in [4.69, 9.17) is 2.85 Å². The Morgan fingerprint density at radius 3 is 1.75 bits per heavy atom. The molecule has 0 radical (unpaired) electrons. The number of hydrogen-bond acceptors (Lipinski definition) is 1. The molecule has 0 heterocycles. The molecule has 0 aliphatic heterocycles. The van der Waals surface area contributed by atoms with Gasteiger partial charge in [-0.15, -0.1) is 0 Å². The van der Waals surface area contributed by atoms with Gasteiger partial charge in [-0.1, -0.05) is 0 Å². The second-order valence-electron chi connectivity index (χ2n) is 1.89. The van der Waals surface area contributed by atoms with Crippen LogP contribution in [0.15, 0.2) is 0 Å². The third-order valence-corrected chi connectivity index (χ3v) is 8.81. The van der Waals surface area contributed by atoms with Gasteiger partial charge in [-0.2, -0.15) is 0 Å². The summed E-state index contributed by atoms with van der Waals surface area (Å²) in [4.78, 5) is 0. The van der Waals surface area contributed by atoms with Gasteiger partial charge in [0.15, 0.2) is 0 Å². The summed E-state index contributed by atoms with van der Waals surface area (Å²) in [6.45, 7) is 7.54. The predicted molar refractivity (Wildman–Crippen MR) is 38.3 cm³/mol. The van der Waals surface area contributed by atoms with E-state index in [-0.39, 0.29) is 0 Å². The predicted octanol–water partition coefficient (Wildman–Crippen LogP) is 2.05. The van der Waals surface area contributed by atoms with E-state index >= 15 is 0 Å². The van der Waals surface area contributed by atoms with E-state index in [1.165, 1.54) is 8.35 Å². The van der Waals surface area contributed by atoms with Crippen LogP contribution < -0.4 is 0 Å². The summed E-state index contributed by atoms with van der Waals surface area (Å²) in [5.41, 5.74) is 0. The fraction of sp³-hybridized carbons (Fsp3) is 1.00. The molecule has 0 atom stereocenters. The van der Waals surface area contributed by atoms with Gasteiger partial charge in [-0.25, -0.2) is 0 Å². The molecule has 0 N–H and O–H groups in total. The van der Waals surface area contributed by atoms with Gasteiger partial charge in [0.05, 0.1) is 0 Å². The van der Waals surface area contributed by atoms with Crippen LogP contribution in [0.2, 0.25) is 8.35 Å². The summed E-state index contributed by atoms with van der Waals surface area (Å²) in [5, 5.41) is 0. The first-order chi connectivity index (χ1) is 3.85. The molecule has 0 rings (SSSR count). The molecular formula is C6H15InO. The normalized spacial score (nSPS) is 9.38. The van der Waals surface area contributed by atoms with E-state index in [0.29, 0.717) is 0 Å². The van der Waals surface area contributed by atoms with Gasteiger partial charge in [0.1, 0.15) is 0 Å². The standard InChI is InChI=1S/C2H5O.2C2H5.In/c1-2-3;2*1-2;/h2H2,1H3;2*1H2,2H3;/q-1;;;+1. The van der Waals surface area contributed by atoms with Crippen LogP contribution in [0.25, 0.3) is 0 Å². The van der Waals surface area contributed by atoms with Gasteiger partial charge >= 0.3 is 60.5 Å². The van der Waals surface area contributed by atoms with Crippen molar-refractivity contribution in [3.63, 3.8) is 0 Å². The van der Waals surface area contributed by atoms with Crippen LogP contribution in [0.4, 0.5) is 0 Å². The summed E-state index contributed by atoms with van der Waals surface area (Å²) in [6, 6.07) is 0.